The van der Waals surface area contributed by atoms with Gasteiger partial charge in [0, 0.05) is 36.8 Å². The van der Waals surface area contributed by atoms with E-state index >= 15 is 0 Å². The molecule has 7 aromatic carbocycles. The van der Waals surface area contributed by atoms with E-state index in [0.29, 0.717) is 0 Å². The average Bonchev–Trinajstić information content (AvgIpc) is 3.68. The first-order chi connectivity index (χ1) is 22.3. The van der Waals surface area contributed by atoms with Gasteiger partial charge >= 0.3 is 0 Å². The zero-order chi connectivity index (χ0) is 29.7. The van der Waals surface area contributed by atoms with E-state index in [1.807, 2.05) is 23.5 Å². The Balaban J connectivity index is 1.26. The quantitative estimate of drug-likeness (QED) is 0.197. The first-order valence-corrected chi connectivity index (χ1v) is 16.0. The molecule has 0 fully saturated rings. The Labute approximate surface area is 265 Å². The summed E-state index contributed by atoms with van der Waals surface area (Å²) in [4.78, 5) is 2.39. The van der Waals surface area contributed by atoms with Crippen molar-refractivity contribution in [2.75, 3.05) is 4.90 Å². The van der Waals surface area contributed by atoms with E-state index in [2.05, 4.69) is 157 Å². The Bertz CT molecular complexity index is 2490. The maximum absolute atomic E-state index is 6.35. The molecule has 0 N–H and O–H groups in total. The van der Waals surface area contributed by atoms with Crippen LogP contribution in [0.15, 0.2) is 168 Å². The van der Waals surface area contributed by atoms with Crippen LogP contribution >= 0.6 is 11.3 Å². The highest BCUT2D eigenvalue weighted by Crippen LogP contribution is 2.46. The van der Waals surface area contributed by atoms with Gasteiger partial charge in [0.15, 0.2) is 0 Å². The summed E-state index contributed by atoms with van der Waals surface area (Å²) >= 11 is 1.87. The molecule has 0 aliphatic rings. The van der Waals surface area contributed by atoms with E-state index in [4.69, 9.17) is 4.42 Å². The van der Waals surface area contributed by atoms with Gasteiger partial charge in [-0.1, -0.05) is 121 Å². The number of anilines is 3. The van der Waals surface area contributed by atoms with Gasteiger partial charge in [0.05, 0.1) is 16.8 Å². The van der Waals surface area contributed by atoms with Crippen molar-refractivity contribution in [3.8, 4) is 22.3 Å². The Hall–Kier alpha value is -5.64. The smallest absolute Gasteiger partial charge is 0.137 e. The van der Waals surface area contributed by atoms with Crippen molar-refractivity contribution < 1.29 is 4.42 Å². The van der Waals surface area contributed by atoms with Crippen molar-refractivity contribution in [2.45, 2.75) is 0 Å². The van der Waals surface area contributed by atoms with Crippen LogP contribution in [0.4, 0.5) is 17.1 Å². The lowest BCUT2D eigenvalue weighted by Crippen LogP contribution is -2.11. The second-order valence-electron chi connectivity index (χ2n) is 11.3. The van der Waals surface area contributed by atoms with Crippen LogP contribution in [-0.2, 0) is 0 Å². The van der Waals surface area contributed by atoms with E-state index in [1.165, 1.54) is 42.4 Å². The summed E-state index contributed by atoms with van der Waals surface area (Å²) in [7, 11) is 0. The number of fused-ring (bicyclic) bond motifs is 6. The molecule has 0 aliphatic heterocycles. The van der Waals surface area contributed by atoms with Gasteiger partial charge in [-0.2, -0.15) is 0 Å². The van der Waals surface area contributed by atoms with E-state index in [1.54, 1.807) is 0 Å². The highest BCUT2D eigenvalue weighted by Gasteiger charge is 2.22. The number of nitrogens with zero attached hydrogens (tertiary/aromatic N) is 1. The minimum atomic E-state index is 0.879. The zero-order valence-corrected chi connectivity index (χ0v) is 25.2. The summed E-state index contributed by atoms with van der Waals surface area (Å²) in [6.07, 6.45) is 0. The SMILES string of the molecule is c1ccc(-c2ccccc2N(c2ccc(-c3cccc4c3sc3ccccc34)cc2)c2cccc3oc4ccccc4c23)cc1. The number of benzene rings is 7. The molecule has 2 nitrogen and oxygen atoms in total. The van der Waals surface area contributed by atoms with Gasteiger partial charge < -0.3 is 9.32 Å². The Morgan fingerprint density at radius 2 is 1.04 bits per heavy atom. The topological polar surface area (TPSA) is 16.4 Å². The average molecular weight is 594 g/mol. The van der Waals surface area contributed by atoms with E-state index in [0.717, 1.165) is 39.0 Å². The van der Waals surface area contributed by atoms with E-state index in [-0.39, 0.29) is 0 Å². The van der Waals surface area contributed by atoms with Crippen LogP contribution in [0.2, 0.25) is 0 Å². The van der Waals surface area contributed by atoms with Crippen LogP contribution in [0.5, 0.6) is 0 Å². The molecule has 3 heteroatoms. The number of para-hydroxylation sites is 2. The van der Waals surface area contributed by atoms with Gasteiger partial charge in [0.1, 0.15) is 11.2 Å². The number of thiophene rings is 1. The number of hydrogen-bond acceptors (Lipinski definition) is 3. The first-order valence-electron chi connectivity index (χ1n) is 15.2. The molecule has 9 rings (SSSR count). The summed E-state index contributed by atoms with van der Waals surface area (Å²) in [5, 5.41) is 4.85. The van der Waals surface area contributed by atoms with Gasteiger partial charge in [0.2, 0.25) is 0 Å². The predicted molar refractivity (Wildman–Crippen MR) is 192 cm³/mol. The number of rotatable bonds is 5. The summed E-state index contributed by atoms with van der Waals surface area (Å²) in [6.45, 7) is 0. The van der Waals surface area contributed by atoms with Gasteiger partial charge in [-0.3, -0.25) is 0 Å². The number of furan rings is 1. The fraction of sp³-hybridized carbons (Fsp3) is 0. The Morgan fingerprint density at radius 3 is 1.93 bits per heavy atom. The lowest BCUT2D eigenvalue weighted by atomic mass is 9.99. The van der Waals surface area contributed by atoms with Crippen LogP contribution in [0.1, 0.15) is 0 Å². The van der Waals surface area contributed by atoms with Gasteiger partial charge in [-0.15, -0.1) is 11.3 Å². The fourth-order valence-corrected chi connectivity index (χ4v) is 7.88. The van der Waals surface area contributed by atoms with Crippen LogP contribution in [-0.4, -0.2) is 0 Å². The lowest BCUT2D eigenvalue weighted by molar-refractivity contribution is 0.669. The molecule has 0 bridgehead atoms. The van der Waals surface area contributed by atoms with E-state index in [9.17, 15) is 0 Å². The third kappa shape index (κ3) is 4.24. The maximum Gasteiger partial charge on any atom is 0.137 e. The van der Waals surface area contributed by atoms with Crippen LogP contribution in [0.25, 0.3) is 64.4 Å². The maximum atomic E-state index is 6.35. The van der Waals surface area contributed by atoms with Crippen LogP contribution in [0.3, 0.4) is 0 Å². The molecule has 45 heavy (non-hydrogen) atoms. The van der Waals surface area contributed by atoms with Crippen LogP contribution in [0, 0.1) is 0 Å². The normalized spacial score (nSPS) is 11.6. The van der Waals surface area contributed by atoms with E-state index < -0.39 is 0 Å². The highest BCUT2D eigenvalue weighted by molar-refractivity contribution is 7.26. The Kier molecular flexibility index (Phi) is 6.03. The van der Waals surface area contributed by atoms with Crippen molar-refractivity contribution in [1.82, 2.24) is 0 Å². The van der Waals surface area contributed by atoms with Gasteiger partial charge in [-0.25, -0.2) is 0 Å². The van der Waals surface area contributed by atoms with Crippen molar-refractivity contribution in [2.24, 2.45) is 0 Å². The molecule has 2 heterocycles. The Morgan fingerprint density at radius 1 is 0.422 bits per heavy atom. The van der Waals surface area contributed by atoms with Crippen molar-refractivity contribution in [1.29, 1.82) is 0 Å². The fourth-order valence-electron chi connectivity index (χ4n) is 6.65. The molecule has 0 saturated carbocycles. The standard InChI is InChI=1S/C42H27NOS/c1-2-12-28(13-3-1)31-14-4-7-19-36(31)43(37-20-11-22-39-41(37)35-16-5-8-21-38(35)44-39)30-26-24-29(25-27-30)32-17-10-18-34-33-15-6-9-23-40(33)45-42(32)34/h1-27H. The molecule has 0 spiro atoms. The third-order valence-electron chi connectivity index (χ3n) is 8.69. The highest BCUT2D eigenvalue weighted by atomic mass is 32.1. The van der Waals surface area contributed by atoms with Crippen LogP contribution < -0.4 is 4.90 Å². The monoisotopic (exact) mass is 593 g/mol. The molecule has 9 aromatic rings. The summed E-state index contributed by atoms with van der Waals surface area (Å²) in [5.41, 5.74) is 9.87. The van der Waals surface area contributed by atoms with Gasteiger partial charge in [-0.05, 0) is 59.2 Å². The molecular formula is C42H27NOS. The molecule has 0 aliphatic carbocycles. The minimum Gasteiger partial charge on any atom is -0.456 e. The molecule has 0 radical (unpaired) electrons. The van der Waals surface area contributed by atoms with Crippen molar-refractivity contribution >= 4 is 70.5 Å². The molecular weight excluding hydrogens is 567 g/mol. The molecule has 0 amide bonds. The van der Waals surface area contributed by atoms with Gasteiger partial charge in [0.25, 0.3) is 0 Å². The second kappa shape index (κ2) is 10.5. The minimum absolute atomic E-state index is 0.879. The third-order valence-corrected chi connectivity index (χ3v) is 9.91. The predicted octanol–water partition coefficient (Wildman–Crippen LogP) is 12.8. The molecule has 2 aromatic heterocycles. The summed E-state index contributed by atoms with van der Waals surface area (Å²) in [5.74, 6) is 0. The molecule has 212 valence electrons. The zero-order valence-electron chi connectivity index (χ0n) is 24.4. The second-order valence-corrected chi connectivity index (χ2v) is 12.3. The molecule has 0 saturated heterocycles. The largest absolute Gasteiger partial charge is 0.456 e. The van der Waals surface area contributed by atoms with Crippen molar-refractivity contribution in [3.05, 3.63) is 164 Å². The number of hydrogen-bond donors (Lipinski definition) is 0. The first kappa shape index (κ1) is 25.8. The molecule has 0 unspecified atom stereocenters. The lowest BCUT2D eigenvalue weighted by Gasteiger charge is -2.28. The summed E-state index contributed by atoms with van der Waals surface area (Å²) < 4.78 is 8.99. The summed E-state index contributed by atoms with van der Waals surface area (Å²) in [6, 6.07) is 58.4. The van der Waals surface area contributed by atoms with Crippen molar-refractivity contribution in [3.63, 3.8) is 0 Å². The molecule has 0 atom stereocenters.